The lowest BCUT2D eigenvalue weighted by Crippen LogP contribution is -1.96. The van der Waals surface area contributed by atoms with Crippen LogP contribution in [-0.4, -0.2) is 0 Å². The Bertz CT molecular complexity index is 549. The maximum atomic E-state index is 2.38. The molecule has 0 radical (unpaired) electrons. The normalized spacial score (nSPS) is 15.2. The molecule has 0 aromatic heterocycles. The minimum atomic E-state index is 0.486. The van der Waals surface area contributed by atoms with Crippen LogP contribution in [0, 0.1) is 0 Å². The van der Waals surface area contributed by atoms with E-state index in [0.29, 0.717) is 5.92 Å². The van der Waals surface area contributed by atoms with Crippen LogP contribution in [0.15, 0.2) is 60.7 Å². The summed E-state index contributed by atoms with van der Waals surface area (Å²) in [6.45, 7) is 2.29. The highest BCUT2D eigenvalue weighted by Gasteiger charge is 2.19. The third-order valence-electron chi connectivity index (χ3n) is 3.64. The highest BCUT2D eigenvalue weighted by Crippen LogP contribution is 2.37. The van der Waals surface area contributed by atoms with Gasteiger partial charge in [-0.3, -0.25) is 0 Å². The minimum absolute atomic E-state index is 0.486. The molecule has 0 amide bonds. The zero-order chi connectivity index (χ0) is 11.7. The molecule has 17 heavy (non-hydrogen) atoms. The van der Waals surface area contributed by atoms with Crippen molar-refractivity contribution in [3.8, 4) is 0 Å². The molecule has 1 unspecified atom stereocenters. The van der Waals surface area contributed by atoms with Crippen molar-refractivity contribution in [2.75, 3.05) is 0 Å². The van der Waals surface area contributed by atoms with Crippen molar-refractivity contribution in [3.05, 3.63) is 77.4 Å². The molecule has 1 aliphatic rings. The van der Waals surface area contributed by atoms with Crippen LogP contribution in [0.25, 0.3) is 5.57 Å². The van der Waals surface area contributed by atoms with E-state index in [2.05, 4.69) is 67.6 Å². The van der Waals surface area contributed by atoms with E-state index >= 15 is 0 Å². The van der Waals surface area contributed by atoms with Gasteiger partial charge in [0.15, 0.2) is 0 Å². The van der Waals surface area contributed by atoms with Crippen molar-refractivity contribution in [2.24, 2.45) is 0 Å². The molecular weight excluding hydrogens is 204 g/mol. The zero-order valence-corrected chi connectivity index (χ0v) is 10.1. The summed E-state index contributed by atoms with van der Waals surface area (Å²) >= 11 is 0. The van der Waals surface area contributed by atoms with Gasteiger partial charge >= 0.3 is 0 Å². The predicted octanol–water partition coefficient (Wildman–Crippen LogP) is 4.43. The van der Waals surface area contributed by atoms with E-state index in [1.54, 1.807) is 0 Å². The van der Waals surface area contributed by atoms with E-state index in [1.165, 1.54) is 22.3 Å². The molecule has 0 saturated carbocycles. The molecule has 0 bridgehead atoms. The van der Waals surface area contributed by atoms with Crippen molar-refractivity contribution < 1.29 is 0 Å². The van der Waals surface area contributed by atoms with Crippen LogP contribution in [0.1, 0.15) is 29.5 Å². The summed E-state index contributed by atoms with van der Waals surface area (Å²) in [7, 11) is 0. The monoisotopic (exact) mass is 220 g/mol. The molecule has 0 heteroatoms. The van der Waals surface area contributed by atoms with Crippen molar-refractivity contribution in [1.82, 2.24) is 0 Å². The molecule has 1 atom stereocenters. The molecule has 1 aliphatic carbocycles. The van der Waals surface area contributed by atoms with Gasteiger partial charge in [-0.2, -0.15) is 0 Å². The lowest BCUT2D eigenvalue weighted by molar-refractivity contribution is 0.992. The van der Waals surface area contributed by atoms with Gasteiger partial charge in [0, 0.05) is 5.92 Å². The van der Waals surface area contributed by atoms with Crippen LogP contribution in [0.2, 0.25) is 0 Å². The van der Waals surface area contributed by atoms with Crippen LogP contribution in [-0.2, 0) is 6.42 Å². The first kappa shape index (κ1) is 10.3. The second-order valence-corrected chi connectivity index (χ2v) is 4.65. The minimum Gasteiger partial charge on any atom is -0.0757 e. The molecule has 0 nitrogen and oxygen atoms in total. The maximum absolute atomic E-state index is 2.38. The number of fused-ring (bicyclic) bond motifs is 1. The largest absolute Gasteiger partial charge is 0.0757 e. The number of hydrogen-bond donors (Lipinski definition) is 0. The fourth-order valence-electron chi connectivity index (χ4n) is 2.64. The van der Waals surface area contributed by atoms with E-state index < -0.39 is 0 Å². The van der Waals surface area contributed by atoms with Crippen molar-refractivity contribution in [1.29, 1.82) is 0 Å². The summed E-state index contributed by atoms with van der Waals surface area (Å²) in [5.41, 5.74) is 5.77. The second kappa shape index (κ2) is 4.21. The van der Waals surface area contributed by atoms with Gasteiger partial charge in [-0.05, 0) is 28.7 Å². The summed E-state index contributed by atoms with van der Waals surface area (Å²) in [5, 5.41) is 0. The Balaban J connectivity index is 1.98. The van der Waals surface area contributed by atoms with Gasteiger partial charge in [0.1, 0.15) is 0 Å². The Morgan fingerprint density at radius 1 is 0.882 bits per heavy atom. The fraction of sp³-hybridized carbons (Fsp3) is 0.176. The van der Waals surface area contributed by atoms with Gasteiger partial charge in [-0.25, -0.2) is 0 Å². The number of rotatable bonds is 2. The van der Waals surface area contributed by atoms with Crippen LogP contribution in [0.5, 0.6) is 0 Å². The Morgan fingerprint density at radius 2 is 1.59 bits per heavy atom. The summed E-state index contributed by atoms with van der Waals surface area (Å²) in [6.07, 6.45) is 3.46. The van der Waals surface area contributed by atoms with E-state index in [1.807, 2.05) is 0 Å². The van der Waals surface area contributed by atoms with E-state index in [0.717, 1.165) is 6.42 Å². The third kappa shape index (κ3) is 1.80. The Morgan fingerprint density at radius 3 is 2.41 bits per heavy atom. The summed E-state index contributed by atoms with van der Waals surface area (Å²) in [6, 6.07) is 19.5. The van der Waals surface area contributed by atoms with Crippen LogP contribution < -0.4 is 0 Å². The molecular formula is C17H16. The quantitative estimate of drug-likeness (QED) is 0.702. The Labute approximate surface area is 103 Å². The van der Waals surface area contributed by atoms with Gasteiger partial charge in [-0.15, -0.1) is 0 Å². The summed E-state index contributed by atoms with van der Waals surface area (Å²) in [4.78, 5) is 0. The Hall–Kier alpha value is -1.82. The van der Waals surface area contributed by atoms with Gasteiger partial charge in [-0.1, -0.05) is 67.6 Å². The van der Waals surface area contributed by atoms with E-state index in [4.69, 9.17) is 0 Å². The summed E-state index contributed by atoms with van der Waals surface area (Å²) < 4.78 is 0. The predicted molar refractivity (Wildman–Crippen MR) is 73.0 cm³/mol. The smallest absolute Gasteiger partial charge is 0.00639 e. The second-order valence-electron chi connectivity index (χ2n) is 4.65. The lowest BCUT2D eigenvalue weighted by atomic mass is 9.89. The van der Waals surface area contributed by atoms with Crippen LogP contribution in [0.3, 0.4) is 0 Å². The highest BCUT2D eigenvalue weighted by atomic mass is 14.2. The lowest BCUT2D eigenvalue weighted by Gasteiger charge is -2.15. The summed E-state index contributed by atoms with van der Waals surface area (Å²) in [5.74, 6) is 0.486. The highest BCUT2D eigenvalue weighted by molar-refractivity contribution is 5.77. The SMILES string of the molecule is CC(C1=CCc2ccccc21)c1ccccc1. The van der Waals surface area contributed by atoms with Gasteiger partial charge in [0.25, 0.3) is 0 Å². The fourth-order valence-corrected chi connectivity index (χ4v) is 2.64. The standard InChI is InChI=1S/C17H16/c1-13(14-7-3-2-4-8-14)16-12-11-15-9-5-6-10-17(15)16/h2-10,12-13H,11H2,1H3. The number of allylic oxidation sites excluding steroid dienone is 2. The first-order chi connectivity index (χ1) is 8.36. The first-order valence-corrected chi connectivity index (χ1v) is 6.19. The van der Waals surface area contributed by atoms with Gasteiger partial charge in [0.05, 0.1) is 0 Å². The molecule has 0 aliphatic heterocycles. The molecule has 2 aromatic carbocycles. The van der Waals surface area contributed by atoms with Crippen LogP contribution >= 0.6 is 0 Å². The molecule has 2 aromatic rings. The topological polar surface area (TPSA) is 0 Å². The van der Waals surface area contributed by atoms with Crippen molar-refractivity contribution in [2.45, 2.75) is 19.3 Å². The zero-order valence-electron chi connectivity index (χ0n) is 10.1. The molecule has 3 rings (SSSR count). The number of benzene rings is 2. The molecule has 0 saturated heterocycles. The van der Waals surface area contributed by atoms with Crippen molar-refractivity contribution >= 4 is 5.57 Å². The molecule has 0 fully saturated rings. The molecule has 0 N–H and O–H groups in total. The van der Waals surface area contributed by atoms with Gasteiger partial charge < -0.3 is 0 Å². The van der Waals surface area contributed by atoms with E-state index in [9.17, 15) is 0 Å². The van der Waals surface area contributed by atoms with Gasteiger partial charge in [0.2, 0.25) is 0 Å². The van der Waals surface area contributed by atoms with Crippen LogP contribution in [0.4, 0.5) is 0 Å². The molecule has 0 spiro atoms. The third-order valence-corrected chi connectivity index (χ3v) is 3.64. The maximum Gasteiger partial charge on any atom is 0.00639 e. The average Bonchev–Trinajstić information content (AvgIpc) is 2.83. The molecule has 0 heterocycles. The molecule has 84 valence electrons. The average molecular weight is 220 g/mol. The Kier molecular flexibility index (Phi) is 2.56. The number of hydrogen-bond acceptors (Lipinski definition) is 0. The van der Waals surface area contributed by atoms with E-state index in [-0.39, 0.29) is 0 Å². The first-order valence-electron chi connectivity index (χ1n) is 6.19. The van der Waals surface area contributed by atoms with Crippen molar-refractivity contribution in [3.63, 3.8) is 0 Å².